The van der Waals surface area contributed by atoms with Crippen LogP contribution in [0.25, 0.3) is 0 Å². The molecule has 0 spiro atoms. The van der Waals surface area contributed by atoms with Crippen molar-refractivity contribution in [3.05, 3.63) is 82.7 Å². The molecule has 5 N–H and O–H groups in total. The summed E-state index contributed by atoms with van der Waals surface area (Å²) in [5, 5.41) is 34.7. The highest BCUT2D eigenvalue weighted by Crippen LogP contribution is 2.23. The highest BCUT2D eigenvalue weighted by Gasteiger charge is 2.23. The summed E-state index contributed by atoms with van der Waals surface area (Å²) in [4.78, 5) is 48.7. The summed E-state index contributed by atoms with van der Waals surface area (Å²) in [6.45, 7) is -0.308. The third kappa shape index (κ3) is 6.40. The van der Waals surface area contributed by atoms with Crippen molar-refractivity contribution in [1.82, 2.24) is 4.90 Å². The van der Waals surface area contributed by atoms with Crippen LogP contribution in [0.5, 0.6) is 0 Å². The van der Waals surface area contributed by atoms with Crippen molar-refractivity contribution in [3.63, 3.8) is 0 Å². The number of nitrogens with zero attached hydrogens (tertiary/aromatic N) is 1. The first-order valence-corrected chi connectivity index (χ1v) is 10.9. The molecule has 0 radical (unpaired) electrons. The van der Waals surface area contributed by atoms with Crippen molar-refractivity contribution in [1.29, 1.82) is 0 Å². The molecule has 0 aliphatic carbocycles. The lowest BCUT2D eigenvalue weighted by Crippen LogP contribution is -2.40. The summed E-state index contributed by atoms with van der Waals surface area (Å²) in [7, 11) is 0. The van der Waals surface area contributed by atoms with Crippen molar-refractivity contribution in [2.45, 2.75) is 12.6 Å². The SMILES string of the molecule is O=C(Nc1ccc(C(=O)N(Cc2ccccc2)C[C@@H](O)C(=O)O)cc1)Nc1sccc1C(=O)O. The Hall–Kier alpha value is -4.22. The molecular formula is C23H21N3O7S. The number of nitrogens with one attached hydrogen (secondary N) is 2. The Bertz CT molecular complexity index is 1180. The lowest BCUT2D eigenvalue weighted by atomic mass is 10.1. The number of amides is 3. The standard InChI is InChI=1S/C23H21N3O7S/c27-18(22(31)32)13-26(12-14-4-2-1-3-5-14)20(28)15-6-8-16(9-7-15)24-23(33)25-19-17(21(29)30)10-11-34-19/h1-11,18,27H,12-13H2,(H,29,30)(H,31,32)(H2,24,25,33)/t18-/m1/s1. The van der Waals surface area contributed by atoms with Gasteiger partial charge in [0.1, 0.15) is 5.00 Å². The molecule has 0 aliphatic rings. The molecule has 1 heterocycles. The largest absolute Gasteiger partial charge is 0.479 e. The van der Waals surface area contributed by atoms with Crippen LogP contribution >= 0.6 is 11.3 Å². The van der Waals surface area contributed by atoms with Crippen molar-refractivity contribution >= 4 is 45.9 Å². The Morgan fingerprint density at radius 2 is 1.59 bits per heavy atom. The molecule has 0 saturated carbocycles. The topological polar surface area (TPSA) is 156 Å². The first-order chi connectivity index (χ1) is 16.2. The van der Waals surface area contributed by atoms with E-state index in [0.717, 1.165) is 16.9 Å². The van der Waals surface area contributed by atoms with E-state index in [1.165, 1.54) is 35.2 Å². The van der Waals surface area contributed by atoms with Crippen LogP contribution in [0.3, 0.4) is 0 Å². The van der Waals surface area contributed by atoms with Gasteiger partial charge in [0.15, 0.2) is 6.10 Å². The smallest absolute Gasteiger partial charge is 0.338 e. The van der Waals surface area contributed by atoms with E-state index in [0.29, 0.717) is 5.69 Å². The average Bonchev–Trinajstić information content (AvgIpc) is 3.27. The Labute approximate surface area is 198 Å². The number of benzene rings is 2. The monoisotopic (exact) mass is 483 g/mol. The van der Waals surface area contributed by atoms with Gasteiger partial charge in [0.05, 0.1) is 12.1 Å². The fourth-order valence-corrected chi connectivity index (χ4v) is 3.80. The van der Waals surface area contributed by atoms with E-state index in [1.807, 2.05) is 6.07 Å². The van der Waals surface area contributed by atoms with E-state index in [-0.39, 0.29) is 22.7 Å². The van der Waals surface area contributed by atoms with Gasteiger partial charge in [0.25, 0.3) is 5.91 Å². The van der Waals surface area contributed by atoms with E-state index in [4.69, 9.17) is 10.2 Å². The zero-order chi connectivity index (χ0) is 24.7. The van der Waals surface area contributed by atoms with Crippen LogP contribution in [0.15, 0.2) is 66.0 Å². The molecule has 176 valence electrons. The third-order valence-corrected chi connectivity index (χ3v) is 5.52. The maximum atomic E-state index is 13.0. The van der Waals surface area contributed by atoms with E-state index in [9.17, 15) is 24.3 Å². The molecule has 1 atom stereocenters. The highest BCUT2D eigenvalue weighted by atomic mass is 32.1. The normalized spacial score (nSPS) is 11.3. The van der Waals surface area contributed by atoms with Gasteiger partial charge in [-0.15, -0.1) is 11.3 Å². The number of hydrogen-bond donors (Lipinski definition) is 5. The van der Waals surface area contributed by atoms with Gasteiger partial charge in [-0.25, -0.2) is 14.4 Å². The maximum absolute atomic E-state index is 13.0. The minimum absolute atomic E-state index is 0.0249. The molecule has 0 fully saturated rings. The van der Waals surface area contributed by atoms with Crippen LogP contribution in [0.2, 0.25) is 0 Å². The first-order valence-electron chi connectivity index (χ1n) is 9.97. The summed E-state index contributed by atoms with van der Waals surface area (Å²) in [5.41, 5.74) is 1.31. The highest BCUT2D eigenvalue weighted by molar-refractivity contribution is 7.14. The lowest BCUT2D eigenvalue weighted by molar-refractivity contribution is -0.147. The van der Waals surface area contributed by atoms with E-state index in [2.05, 4.69) is 10.6 Å². The van der Waals surface area contributed by atoms with Crippen LogP contribution < -0.4 is 10.6 Å². The second-order valence-electron chi connectivity index (χ2n) is 7.15. The van der Waals surface area contributed by atoms with Crippen molar-refractivity contribution in [2.75, 3.05) is 17.2 Å². The number of carboxylic acids is 2. The van der Waals surface area contributed by atoms with Crippen LogP contribution in [0.1, 0.15) is 26.3 Å². The zero-order valence-corrected chi connectivity index (χ0v) is 18.5. The second kappa shape index (κ2) is 11.1. The fourth-order valence-electron chi connectivity index (χ4n) is 3.03. The number of aliphatic hydroxyl groups is 1. The minimum Gasteiger partial charge on any atom is -0.479 e. The maximum Gasteiger partial charge on any atom is 0.338 e. The molecule has 3 aromatic rings. The molecule has 0 aliphatic heterocycles. The molecule has 0 bridgehead atoms. The molecule has 0 unspecified atom stereocenters. The van der Waals surface area contributed by atoms with E-state index < -0.39 is 36.5 Å². The molecule has 34 heavy (non-hydrogen) atoms. The molecule has 3 amide bonds. The summed E-state index contributed by atoms with van der Waals surface area (Å²) in [6, 6.07) is 15.5. The number of rotatable bonds is 9. The number of aromatic carboxylic acids is 1. The summed E-state index contributed by atoms with van der Waals surface area (Å²) >= 11 is 1.07. The summed E-state index contributed by atoms with van der Waals surface area (Å²) in [6.07, 6.45) is -1.75. The number of urea groups is 1. The molecule has 1 aromatic heterocycles. The first kappa shape index (κ1) is 24.4. The average molecular weight is 484 g/mol. The number of aliphatic hydroxyl groups excluding tert-OH is 1. The van der Waals surface area contributed by atoms with Crippen molar-refractivity contribution in [2.24, 2.45) is 0 Å². The molecule has 0 saturated heterocycles. The van der Waals surface area contributed by atoms with Gasteiger partial charge in [-0.3, -0.25) is 10.1 Å². The summed E-state index contributed by atoms with van der Waals surface area (Å²) < 4.78 is 0. The molecule has 3 rings (SSSR count). The van der Waals surface area contributed by atoms with Crippen LogP contribution in [-0.4, -0.2) is 56.7 Å². The number of carboxylic acid groups (broad SMARTS) is 2. The molecule has 11 heteroatoms. The molecule has 2 aromatic carbocycles. The Morgan fingerprint density at radius 1 is 0.912 bits per heavy atom. The predicted octanol–water partition coefficient (Wildman–Crippen LogP) is 3.18. The number of aliphatic carboxylic acids is 1. The van der Waals surface area contributed by atoms with Gasteiger partial charge >= 0.3 is 18.0 Å². The number of anilines is 2. The number of carbonyl (C=O) groups is 4. The van der Waals surface area contributed by atoms with Gasteiger partial charge in [-0.2, -0.15) is 0 Å². The van der Waals surface area contributed by atoms with Gasteiger partial charge in [0.2, 0.25) is 0 Å². The predicted molar refractivity (Wildman–Crippen MR) is 125 cm³/mol. The molecule has 10 nitrogen and oxygen atoms in total. The number of hydrogen-bond acceptors (Lipinski definition) is 6. The quantitative estimate of drug-likeness (QED) is 0.313. The molecular weight excluding hydrogens is 462 g/mol. The van der Waals surface area contributed by atoms with Crippen molar-refractivity contribution < 1.29 is 34.5 Å². The van der Waals surface area contributed by atoms with E-state index >= 15 is 0 Å². The number of thiophene rings is 1. The van der Waals surface area contributed by atoms with Crippen LogP contribution in [0, 0.1) is 0 Å². The van der Waals surface area contributed by atoms with Gasteiger partial charge in [-0.05, 0) is 41.3 Å². The zero-order valence-electron chi connectivity index (χ0n) is 17.7. The Balaban J connectivity index is 1.69. The lowest BCUT2D eigenvalue weighted by Gasteiger charge is -2.24. The van der Waals surface area contributed by atoms with Crippen LogP contribution in [-0.2, 0) is 11.3 Å². The summed E-state index contributed by atoms with van der Waals surface area (Å²) in [5.74, 6) is -3.09. The number of carbonyl (C=O) groups excluding carboxylic acids is 2. The minimum atomic E-state index is -1.75. The van der Waals surface area contributed by atoms with Gasteiger partial charge < -0.3 is 25.5 Å². The van der Waals surface area contributed by atoms with Gasteiger partial charge in [-0.1, -0.05) is 30.3 Å². The Morgan fingerprint density at radius 3 is 2.21 bits per heavy atom. The fraction of sp³-hybridized carbons (Fsp3) is 0.130. The Kier molecular flexibility index (Phi) is 7.96. The van der Waals surface area contributed by atoms with Crippen molar-refractivity contribution in [3.8, 4) is 0 Å². The van der Waals surface area contributed by atoms with E-state index in [1.54, 1.807) is 29.6 Å². The van der Waals surface area contributed by atoms with Gasteiger partial charge in [0, 0.05) is 17.8 Å². The second-order valence-corrected chi connectivity index (χ2v) is 8.07. The van der Waals surface area contributed by atoms with Crippen LogP contribution in [0.4, 0.5) is 15.5 Å². The third-order valence-electron chi connectivity index (χ3n) is 4.69.